The molecule has 1 amide bonds. The topological polar surface area (TPSA) is 52.9 Å². The third kappa shape index (κ3) is 2.66. The van der Waals surface area contributed by atoms with E-state index in [1.807, 2.05) is 6.92 Å². The first-order valence-corrected chi connectivity index (χ1v) is 6.83. The summed E-state index contributed by atoms with van der Waals surface area (Å²) in [5, 5.41) is 12.2. The van der Waals surface area contributed by atoms with Crippen LogP contribution in [0.3, 0.4) is 0 Å². The van der Waals surface area contributed by atoms with E-state index in [0.717, 1.165) is 12.1 Å². The fourth-order valence-corrected chi connectivity index (χ4v) is 2.58. The van der Waals surface area contributed by atoms with Gasteiger partial charge in [0.2, 0.25) is 0 Å². The number of piperidine rings is 1. The molecular weight excluding hydrogens is 259 g/mol. The molecule has 0 spiro atoms. The van der Waals surface area contributed by atoms with Crippen molar-refractivity contribution in [1.82, 2.24) is 4.90 Å². The monoisotopic (exact) mass is 278 g/mol. The van der Waals surface area contributed by atoms with Gasteiger partial charge in [0.15, 0.2) is 0 Å². The van der Waals surface area contributed by atoms with E-state index in [1.165, 1.54) is 6.07 Å². The van der Waals surface area contributed by atoms with Gasteiger partial charge in [-0.15, -0.1) is 0 Å². The summed E-state index contributed by atoms with van der Waals surface area (Å²) in [6.45, 7) is 4.56. The zero-order valence-electron chi connectivity index (χ0n) is 11.8. The molecule has 1 aromatic carbocycles. The Balaban J connectivity index is 2.20. The Morgan fingerprint density at radius 1 is 1.55 bits per heavy atom. The minimum Gasteiger partial charge on any atom is -0.411 e. The van der Waals surface area contributed by atoms with Gasteiger partial charge in [-0.2, -0.15) is 0 Å². The van der Waals surface area contributed by atoms with Crippen molar-refractivity contribution < 1.29 is 14.4 Å². The minimum absolute atomic E-state index is 0.0468. The number of halogens is 1. The van der Waals surface area contributed by atoms with E-state index in [9.17, 15) is 9.18 Å². The molecule has 2 rings (SSSR count). The van der Waals surface area contributed by atoms with Crippen LogP contribution in [-0.4, -0.2) is 34.8 Å². The van der Waals surface area contributed by atoms with Gasteiger partial charge in [-0.05, 0) is 25.0 Å². The van der Waals surface area contributed by atoms with Crippen molar-refractivity contribution in [2.24, 2.45) is 11.1 Å². The van der Waals surface area contributed by atoms with Crippen LogP contribution in [0, 0.1) is 18.7 Å². The van der Waals surface area contributed by atoms with Crippen LogP contribution in [0.5, 0.6) is 0 Å². The maximum Gasteiger partial charge on any atom is 0.256 e. The van der Waals surface area contributed by atoms with Crippen LogP contribution >= 0.6 is 0 Å². The van der Waals surface area contributed by atoms with Crippen LogP contribution in [0.2, 0.25) is 0 Å². The van der Waals surface area contributed by atoms with Gasteiger partial charge in [0.25, 0.3) is 5.91 Å². The summed E-state index contributed by atoms with van der Waals surface area (Å²) in [5.41, 5.74) is 1.31. The molecule has 1 heterocycles. The lowest BCUT2D eigenvalue weighted by molar-refractivity contribution is 0.0724. The van der Waals surface area contributed by atoms with Crippen LogP contribution in [0.25, 0.3) is 0 Å². The fourth-order valence-electron chi connectivity index (χ4n) is 2.58. The lowest BCUT2D eigenvalue weighted by atomic mass is 9.92. The lowest BCUT2D eigenvalue weighted by Crippen LogP contribution is -2.44. The maximum atomic E-state index is 14.0. The number of carbonyl (C=O) groups is 1. The van der Waals surface area contributed by atoms with Gasteiger partial charge in [0, 0.05) is 25.4 Å². The van der Waals surface area contributed by atoms with E-state index < -0.39 is 5.82 Å². The molecule has 1 aliphatic heterocycles. The summed E-state index contributed by atoms with van der Waals surface area (Å²) >= 11 is 0. The molecule has 0 bridgehead atoms. The van der Waals surface area contributed by atoms with E-state index in [0.29, 0.717) is 25.1 Å². The van der Waals surface area contributed by atoms with E-state index in [4.69, 9.17) is 5.21 Å². The second-order valence-corrected chi connectivity index (χ2v) is 5.13. The van der Waals surface area contributed by atoms with Gasteiger partial charge in [-0.25, -0.2) is 4.39 Å². The van der Waals surface area contributed by atoms with Crippen molar-refractivity contribution in [1.29, 1.82) is 0 Å². The van der Waals surface area contributed by atoms with Crippen molar-refractivity contribution in [2.45, 2.75) is 26.7 Å². The number of carbonyl (C=O) groups excluding carboxylic acids is 1. The molecule has 0 saturated carbocycles. The molecule has 1 N–H and O–H groups in total. The molecule has 0 aromatic heterocycles. The quantitative estimate of drug-likeness (QED) is 0.668. The first-order chi connectivity index (χ1) is 9.58. The van der Waals surface area contributed by atoms with Crippen LogP contribution in [0.4, 0.5) is 4.39 Å². The van der Waals surface area contributed by atoms with E-state index in [1.54, 1.807) is 24.0 Å². The number of nitrogens with zero attached hydrogens (tertiary/aromatic N) is 2. The average molecular weight is 278 g/mol. The highest BCUT2D eigenvalue weighted by atomic mass is 19.1. The van der Waals surface area contributed by atoms with Crippen LogP contribution in [0.15, 0.2) is 23.4 Å². The number of aryl methyl sites for hydroxylation is 1. The normalized spacial score (nSPS) is 21.2. The molecule has 0 aliphatic carbocycles. The number of hydrogen-bond acceptors (Lipinski definition) is 3. The number of likely N-dealkylation sites (tertiary alicyclic amines) is 1. The Labute approximate surface area is 117 Å². The van der Waals surface area contributed by atoms with E-state index in [-0.39, 0.29) is 17.4 Å². The lowest BCUT2D eigenvalue weighted by Gasteiger charge is -2.33. The molecule has 5 heteroatoms. The summed E-state index contributed by atoms with van der Waals surface area (Å²) in [6.07, 6.45) is 1.33. The molecule has 1 aliphatic rings. The summed E-state index contributed by atoms with van der Waals surface area (Å²) in [6, 6.07) is 4.85. The highest BCUT2D eigenvalue weighted by molar-refractivity contribution is 5.96. The predicted molar refractivity (Wildman–Crippen MR) is 74.7 cm³/mol. The maximum absolute atomic E-state index is 14.0. The number of rotatable bonds is 2. The molecule has 108 valence electrons. The number of hydrogen-bond donors (Lipinski definition) is 1. The number of oxime groups is 1. The van der Waals surface area contributed by atoms with Crippen molar-refractivity contribution >= 4 is 11.6 Å². The molecule has 20 heavy (non-hydrogen) atoms. The van der Waals surface area contributed by atoms with Crippen LogP contribution in [-0.2, 0) is 0 Å². The Morgan fingerprint density at radius 2 is 2.30 bits per heavy atom. The molecule has 1 unspecified atom stereocenters. The third-order valence-corrected chi connectivity index (χ3v) is 3.88. The summed E-state index contributed by atoms with van der Waals surface area (Å²) in [4.78, 5) is 14.1. The van der Waals surface area contributed by atoms with E-state index in [2.05, 4.69) is 5.16 Å². The van der Waals surface area contributed by atoms with Gasteiger partial charge >= 0.3 is 0 Å². The third-order valence-electron chi connectivity index (χ3n) is 3.88. The van der Waals surface area contributed by atoms with Crippen molar-refractivity contribution in [3.05, 3.63) is 35.1 Å². The smallest absolute Gasteiger partial charge is 0.256 e. The number of amides is 1. The minimum atomic E-state index is -0.452. The first kappa shape index (κ1) is 14.5. The van der Waals surface area contributed by atoms with Crippen molar-refractivity contribution in [2.75, 3.05) is 13.1 Å². The second-order valence-electron chi connectivity index (χ2n) is 5.13. The summed E-state index contributed by atoms with van der Waals surface area (Å²) in [7, 11) is 0. The fraction of sp³-hybridized carbons (Fsp3) is 0.467. The highest BCUT2D eigenvalue weighted by Gasteiger charge is 2.29. The van der Waals surface area contributed by atoms with Crippen molar-refractivity contribution in [3.8, 4) is 0 Å². The Kier molecular flexibility index (Phi) is 4.37. The van der Waals surface area contributed by atoms with Gasteiger partial charge in [0.05, 0.1) is 11.3 Å². The summed E-state index contributed by atoms with van der Waals surface area (Å²) < 4.78 is 14.0. The van der Waals surface area contributed by atoms with E-state index >= 15 is 0 Å². The Morgan fingerprint density at radius 3 is 2.95 bits per heavy atom. The molecule has 1 atom stereocenters. The molecular formula is C15H19FN2O2. The standard InChI is InChI=1S/C15H19FN2O2/c1-3-11-9-18(8-7-13(11)17-20)15(19)12-6-4-5-10(2)14(12)16/h4-6,11,20H,3,7-9H2,1-2H3/b17-13+. The SMILES string of the molecule is CCC1CN(C(=O)c2cccc(C)c2F)CC/C1=N\O. The van der Waals surface area contributed by atoms with Gasteiger partial charge in [-0.1, -0.05) is 24.2 Å². The van der Waals surface area contributed by atoms with Gasteiger partial charge in [-0.3, -0.25) is 4.79 Å². The first-order valence-electron chi connectivity index (χ1n) is 6.83. The Bertz CT molecular complexity index is 543. The molecule has 0 radical (unpaired) electrons. The van der Waals surface area contributed by atoms with Crippen molar-refractivity contribution in [3.63, 3.8) is 0 Å². The molecule has 1 fully saturated rings. The zero-order valence-corrected chi connectivity index (χ0v) is 11.8. The molecule has 1 saturated heterocycles. The molecule has 1 aromatic rings. The predicted octanol–water partition coefficient (Wildman–Crippen LogP) is 2.84. The number of benzene rings is 1. The van der Waals surface area contributed by atoms with Crippen LogP contribution < -0.4 is 0 Å². The van der Waals surface area contributed by atoms with Crippen LogP contribution in [0.1, 0.15) is 35.7 Å². The highest BCUT2D eigenvalue weighted by Crippen LogP contribution is 2.21. The zero-order chi connectivity index (χ0) is 14.7. The Hall–Kier alpha value is -1.91. The summed E-state index contributed by atoms with van der Waals surface area (Å²) in [5.74, 6) is -0.695. The van der Waals surface area contributed by atoms with Gasteiger partial charge in [0.1, 0.15) is 5.82 Å². The largest absolute Gasteiger partial charge is 0.411 e. The average Bonchev–Trinajstić information content (AvgIpc) is 2.48. The molecule has 4 nitrogen and oxygen atoms in total. The second kappa shape index (κ2) is 6.03. The van der Waals surface area contributed by atoms with Gasteiger partial charge < -0.3 is 10.1 Å².